The van der Waals surface area contributed by atoms with Gasteiger partial charge in [-0.1, -0.05) is 12.1 Å². The molecule has 0 aliphatic carbocycles. The topological polar surface area (TPSA) is 44.5 Å². The Balaban J connectivity index is 2.24. The zero-order valence-electron chi connectivity index (χ0n) is 9.94. The number of rotatable bonds is 3. The fourth-order valence-electron chi connectivity index (χ4n) is 1.57. The van der Waals surface area contributed by atoms with Crippen molar-refractivity contribution >= 4 is 5.69 Å². The molecule has 3 heteroatoms. The molecule has 0 radical (unpaired) electrons. The molecule has 0 saturated carbocycles. The monoisotopic (exact) mass is 229 g/mol. The van der Waals surface area contributed by atoms with E-state index in [1.807, 2.05) is 37.3 Å². The predicted molar refractivity (Wildman–Crippen MR) is 68.7 cm³/mol. The highest BCUT2D eigenvalue weighted by molar-refractivity contribution is 5.56. The van der Waals surface area contributed by atoms with E-state index in [-0.39, 0.29) is 0 Å². The number of ether oxygens (including phenoxy) is 2. The normalized spacial score (nSPS) is 10.0. The first-order valence-electron chi connectivity index (χ1n) is 5.37. The average molecular weight is 229 g/mol. The molecule has 2 aromatic carbocycles. The Kier molecular flexibility index (Phi) is 3.19. The van der Waals surface area contributed by atoms with Gasteiger partial charge in [-0.05, 0) is 36.8 Å². The summed E-state index contributed by atoms with van der Waals surface area (Å²) in [5.74, 6) is 2.13. The Morgan fingerprint density at radius 2 is 1.76 bits per heavy atom. The summed E-state index contributed by atoms with van der Waals surface area (Å²) in [5, 5.41) is 0. The van der Waals surface area contributed by atoms with Crippen molar-refractivity contribution in [2.45, 2.75) is 6.92 Å². The molecule has 2 N–H and O–H groups in total. The molecule has 0 unspecified atom stereocenters. The van der Waals surface area contributed by atoms with Crippen molar-refractivity contribution in [2.24, 2.45) is 0 Å². The lowest BCUT2D eigenvalue weighted by atomic mass is 10.2. The molecule has 2 rings (SSSR count). The predicted octanol–water partition coefficient (Wildman–Crippen LogP) is 3.38. The lowest BCUT2D eigenvalue weighted by Crippen LogP contribution is -1.93. The van der Waals surface area contributed by atoms with Gasteiger partial charge in [-0.25, -0.2) is 0 Å². The Labute approximate surface area is 101 Å². The third-order valence-electron chi connectivity index (χ3n) is 2.43. The summed E-state index contributed by atoms with van der Waals surface area (Å²) in [4.78, 5) is 0. The van der Waals surface area contributed by atoms with Crippen LogP contribution in [0.2, 0.25) is 0 Å². The molecule has 0 bridgehead atoms. The minimum Gasteiger partial charge on any atom is -0.494 e. The number of aryl methyl sites for hydroxylation is 1. The molecule has 0 aliphatic rings. The quantitative estimate of drug-likeness (QED) is 0.820. The molecule has 0 aromatic heterocycles. The first-order valence-corrected chi connectivity index (χ1v) is 5.37. The lowest BCUT2D eigenvalue weighted by Gasteiger charge is -2.09. The van der Waals surface area contributed by atoms with Gasteiger partial charge < -0.3 is 15.2 Å². The van der Waals surface area contributed by atoms with Crippen molar-refractivity contribution < 1.29 is 9.47 Å². The van der Waals surface area contributed by atoms with Crippen molar-refractivity contribution in [1.82, 2.24) is 0 Å². The van der Waals surface area contributed by atoms with Crippen LogP contribution in [0.4, 0.5) is 5.69 Å². The zero-order valence-corrected chi connectivity index (χ0v) is 9.94. The van der Waals surface area contributed by atoms with Gasteiger partial charge in [0, 0.05) is 6.07 Å². The number of nitrogen functional groups attached to an aromatic ring is 1. The first kappa shape index (κ1) is 11.3. The number of nitrogens with two attached hydrogens (primary N) is 1. The fourth-order valence-corrected chi connectivity index (χ4v) is 1.57. The summed E-state index contributed by atoms with van der Waals surface area (Å²) in [5.41, 5.74) is 7.50. The average Bonchev–Trinajstić information content (AvgIpc) is 2.32. The SMILES string of the molecule is COc1cc(Oc2cccc(C)c2)ccc1N. The van der Waals surface area contributed by atoms with E-state index < -0.39 is 0 Å². The Bertz CT molecular complexity index is 523. The second kappa shape index (κ2) is 4.78. The third-order valence-corrected chi connectivity index (χ3v) is 2.43. The number of anilines is 1. The van der Waals surface area contributed by atoms with Crippen molar-refractivity contribution in [2.75, 3.05) is 12.8 Å². The standard InChI is InChI=1S/C14H15NO2/c1-10-4-3-5-11(8-10)17-12-6-7-13(15)14(9-12)16-2/h3-9H,15H2,1-2H3. The molecule has 0 spiro atoms. The van der Waals surface area contributed by atoms with Crippen LogP contribution in [0.5, 0.6) is 17.2 Å². The number of benzene rings is 2. The summed E-state index contributed by atoms with van der Waals surface area (Å²) in [6.45, 7) is 2.02. The summed E-state index contributed by atoms with van der Waals surface area (Å²) < 4.78 is 10.9. The highest BCUT2D eigenvalue weighted by atomic mass is 16.5. The molecule has 0 atom stereocenters. The molecule has 0 amide bonds. The molecule has 3 nitrogen and oxygen atoms in total. The van der Waals surface area contributed by atoms with Gasteiger partial charge in [0.05, 0.1) is 12.8 Å². The van der Waals surface area contributed by atoms with Crippen molar-refractivity contribution in [3.8, 4) is 17.2 Å². The van der Waals surface area contributed by atoms with Crippen LogP contribution < -0.4 is 15.2 Å². The van der Waals surface area contributed by atoms with E-state index in [1.165, 1.54) is 0 Å². The van der Waals surface area contributed by atoms with Gasteiger partial charge >= 0.3 is 0 Å². The van der Waals surface area contributed by atoms with Crippen molar-refractivity contribution in [3.05, 3.63) is 48.0 Å². The van der Waals surface area contributed by atoms with Gasteiger partial charge in [0.2, 0.25) is 0 Å². The lowest BCUT2D eigenvalue weighted by molar-refractivity contribution is 0.411. The first-order chi connectivity index (χ1) is 8.19. The van der Waals surface area contributed by atoms with E-state index in [2.05, 4.69) is 0 Å². The summed E-state index contributed by atoms with van der Waals surface area (Å²) in [6, 6.07) is 13.2. The molecule has 17 heavy (non-hydrogen) atoms. The van der Waals surface area contributed by atoms with E-state index in [0.717, 1.165) is 11.3 Å². The zero-order chi connectivity index (χ0) is 12.3. The molecule has 0 saturated heterocycles. The van der Waals surface area contributed by atoms with E-state index in [1.54, 1.807) is 19.2 Å². The molecule has 0 heterocycles. The fraction of sp³-hybridized carbons (Fsp3) is 0.143. The minimum absolute atomic E-state index is 0.601. The third kappa shape index (κ3) is 2.69. The van der Waals surface area contributed by atoms with Crippen LogP contribution in [-0.4, -0.2) is 7.11 Å². The summed E-state index contributed by atoms with van der Waals surface area (Å²) in [6.07, 6.45) is 0. The molecular weight excluding hydrogens is 214 g/mol. The molecule has 0 aliphatic heterocycles. The maximum absolute atomic E-state index is 5.74. The molecule has 0 fully saturated rings. The Morgan fingerprint density at radius 3 is 2.47 bits per heavy atom. The van der Waals surface area contributed by atoms with Crippen LogP contribution in [0.1, 0.15) is 5.56 Å². The number of hydrogen-bond donors (Lipinski definition) is 1. The van der Waals surface area contributed by atoms with Gasteiger partial charge in [0.15, 0.2) is 0 Å². The van der Waals surface area contributed by atoms with Gasteiger partial charge in [0.25, 0.3) is 0 Å². The minimum atomic E-state index is 0.601. The number of methoxy groups -OCH3 is 1. The summed E-state index contributed by atoms with van der Waals surface area (Å²) >= 11 is 0. The van der Waals surface area contributed by atoms with E-state index in [9.17, 15) is 0 Å². The van der Waals surface area contributed by atoms with Gasteiger partial charge in [-0.3, -0.25) is 0 Å². The molecule has 2 aromatic rings. The van der Waals surface area contributed by atoms with Crippen LogP contribution in [-0.2, 0) is 0 Å². The second-order valence-corrected chi connectivity index (χ2v) is 3.82. The van der Waals surface area contributed by atoms with Gasteiger partial charge in [0.1, 0.15) is 17.2 Å². The Morgan fingerprint density at radius 1 is 1.00 bits per heavy atom. The van der Waals surface area contributed by atoms with E-state index >= 15 is 0 Å². The highest BCUT2D eigenvalue weighted by Crippen LogP contribution is 2.29. The maximum atomic E-state index is 5.74. The molecular formula is C14H15NO2. The van der Waals surface area contributed by atoms with Crippen molar-refractivity contribution in [3.63, 3.8) is 0 Å². The van der Waals surface area contributed by atoms with Crippen LogP contribution in [0.15, 0.2) is 42.5 Å². The highest BCUT2D eigenvalue weighted by Gasteiger charge is 2.03. The van der Waals surface area contributed by atoms with Gasteiger partial charge in [-0.15, -0.1) is 0 Å². The van der Waals surface area contributed by atoms with Crippen molar-refractivity contribution in [1.29, 1.82) is 0 Å². The van der Waals surface area contributed by atoms with Crippen LogP contribution >= 0.6 is 0 Å². The maximum Gasteiger partial charge on any atom is 0.145 e. The Hall–Kier alpha value is -2.16. The molecule has 88 valence electrons. The summed E-state index contributed by atoms with van der Waals surface area (Å²) in [7, 11) is 1.59. The second-order valence-electron chi connectivity index (χ2n) is 3.82. The van der Waals surface area contributed by atoms with E-state index in [4.69, 9.17) is 15.2 Å². The largest absolute Gasteiger partial charge is 0.494 e. The van der Waals surface area contributed by atoms with Crippen LogP contribution in [0.3, 0.4) is 0 Å². The number of hydrogen-bond acceptors (Lipinski definition) is 3. The smallest absolute Gasteiger partial charge is 0.145 e. The van der Waals surface area contributed by atoms with Gasteiger partial charge in [-0.2, -0.15) is 0 Å². The van der Waals surface area contributed by atoms with Crippen LogP contribution in [0, 0.1) is 6.92 Å². The van der Waals surface area contributed by atoms with E-state index in [0.29, 0.717) is 17.2 Å². The van der Waals surface area contributed by atoms with Crippen LogP contribution in [0.25, 0.3) is 0 Å².